The van der Waals surface area contributed by atoms with Crippen molar-refractivity contribution < 1.29 is 4.39 Å². The number of hydrogen-bond acceptors (Lipinski definition) is 3. The Balaban J connectivity index is 2.82. The van der Waals surface area contributed by atoms with E-state index in [1.54, 1.807) is 12.1 Å². The van der Waals surface area contributed by atoms with Gasteiger partial charge in [0.1, 0.15) is 5.82 Å². The Labute approximate surface area is 82.3 Å². The molecule has 0 unspecified atom stereocenters. The highest BCUT2D eigenvalue weighted by Crippen LogP contribution is 2.13. The second-order valence-corrected chi connectivity index (χ2v) is 2.68. The number of hydrogen-bond donors (Lipinski definition) is 3. The minimum Gasteiger partial charge on any atom is -0.330 e. The summed E-state index contributed by atoms with van der Waals surface area (Å²) in [6.45, 7) is 0.512. The number of rotatable bonds is 2. The van der Waals surface area contributed by atoms with Crippen molar-refractivity contribution in [3.8, 4) is 11.8 Å². The van der Waals surface area contributed by atoms with E-state index >= 15 is 0 Å². The predicted octanol–water partition coefficient (Wildman–Crippen LogP) is 0.812. The van der Waals surface area contributed by atoms with Crippen LogP contribution in [0.1, 0.15) is 12.0 Å². The van der Waals surface area contributed by atoms with E-state index in [-0.39, 0.29) is 5.69 Å². The van der Waals surface area contributed by atoms with Gasteiger partial charge in [0.25, 0.3) is 0 Å². The SMILES string of the molecule is NCCC#Cc1ccc(NN)c(F)c1. The molecule has 5 N–H and O–H groups in total. The van der Waals surface area contributed by atoms with E-state index in [4.69, 9.17) is 11.6 Å². The smallest absolute Gasteiger partial charge is 0.148 e. The molecule has 0 spiro atoms. The molecule has 0 fully saturated rings. The summed E-state index contributed by atoms with van der Waals surface area (Å²) in [7, 11) is 0. The van der Waals surface area contributed by atoms with Crippen LogP contribution in [-0.2, 0) is 0 Å². The summed E-state index contributed by atoms with van der Waals surface area (Å²) in [5.41, 5.74) is 8.39. The Morgan fingerprint density at radius 3 is 2.79 bits per heavy atom. The maximum Gasteiger partial charge on any atom is 0.148 e. The molecular formula is C10H12FN3. The first-order valence-corrected chi connectivity index (χ1v) is 4.23. The molecule has 0 aliphatic heterocycles. The molecule has 3 nitrogen and oxygen atoms in total. The maximum atomic E-state index is 13.1. The van der Waals surface area contributed by atoms with E-state index in [9.17, 15) is 4.39 Å². The second kappa shape index (κ2) is 5.22. The maximum absolute atomic E-state index is 13.1. The first-order valence-electron chi connectivity index (χ1n) is 4.23. The number of halogens is 1. The van der Waals surface area contributed by atoms with Gasteiger partial charge in [0.05, 0.1) is 5.69 Å². The standard InChI is InChI=1S/C10H12FN3/c11-9-7-8(3-1-2-6-12)4-5-10(9)14-13/h4-5,7,14H,2,6,12-13H2. The Morgan fingerprint density at radius 2 is 2.21 bits per heavy atom. The highest BCUT2D eigenvalue weighted by atomic mass is 19.1. The number of nitrogen functional groups attached to an aromatic ring is 1. The molecule has 14 heavy (non-hydrogen) atoms. The molecule has 1 rings (SSSR count). The molecule has 0 heterocycles. The molecule has 4 heteroatoms. The van der Waals surface area contributed by atoms with Gasteiger partial charge in [-0.15, -0.1) is 0 Å². The lowest BCUT2D eigenvalue weighted by molar-refractivity contribution is 0.630. The summed E-state index contributed by atoms with van der Waals surface area (Å²) in [4.78, 5) is 0. The predicted molar refractivity (Wildman–Crippen MR) is 54.8 cm³/mol. The zero-order chi connectivity index (χ0) is 10.4. The van der Waals surface area contributed by atoms with E-state index in [0.717, 1.165) is 0 Å². The fourth-order valence-electron chi connectivity index (χ4n) is 0.947. The third kappa shape index (κ3) is 2.73. The number of anilines is 1. The average Bonchev–Trinajstić information content (AvgIpc) is 2.18. The molecule has 0 atom stereocenters. The number of hydrazine groups is 1. The Hall–Kier alpha value is -1.57. The summed E-state index contributed by atoms with van der Waals surface area (Å²) in [5.74, 6) is 10.3. The van der Waals surface area contributed by atoms with Gasteiger partial charge in [0.2, 0.25) is 0 Å². The highest BCUT2D eigenvalue weighted by Gasteiger charge is 1.99. The lowest BCUT2D eigenvalue weighted by Crippen LogP contribution is -2.08. The van der Waals surface area contributed by atoms with E-state index in [0.29, 0.717) is 18.5 Å². The van der Waals surface area contributed by atoms with Gasteiger partial charge in [-0.3, -0.25) is 5.84 Å². The molecule has 1 aromatic carbocycles. The zero-order valence-corrected chi connectivity index (χ0v) is 7.68. The average molecular weight is 193 g/mol. The molecule has 0 aliphatic rings. The third-order valence-corrected chi connectivity index (χ3v) is 1.63. The molecule has 0 amide bonds. The van der Waals surface area contributed by atoms with Crippen molar-refractivity contribution in [2.75, 3.05) is 12.0 Å². The largest absolute Gasteiger partial charge is 0.330 e. The molecule has 0 saturated heterocycles. The minimum atomic E-state index is -0.410. The number of nitrogens with two attached hydrogens (primary N) is 2. The van der Waals surface area contributed by atoms with E-state index in [2.05, 4.69) is 17.3 Å². The Bertz CT molecular complexity index is 365. The van der Waals surface area contributed by atoms with Crippen molar-refractivity contribution in [1.82, 2.24) is 0 Å². The fourth-order valence-corrected chi connectivity index (χ4v) is 0.947. The van der Waals surface area contributed by atoms with E-state index in [1.807, 2.05) is 0 Å². The van der Waals surface area contributed by atoms with Gasteiger partial charge in [-0.05, 0) is 18.2 Å². The lowest BCUT2D eigenvalue weighted by atomic mass is 10.2. The van der Waals surface area contributed by atoms with Gasteiger partial charge in [-0.25, -0.2) is 4.39 Å². The van der Waals surface area contributed by atoms with Crippen LogP contribution < -0.4 is 17.0 Å². The van der Waals surface area contributed by atoms with Crippen molar-refractivity contribution in [2.45, 2.75) is 6.42 Å². The van der Waals surface area contributed by atoms with Gasteiger partial charge >= 0.3 is 0 Å². The van der Waals surface area contributed by atoms with Crippen molar-refractivity contribution in [2.24, 2.45) is 11.6 Å². The van der Waals surface area contributed by atoms with Crippen molar-refractivity contribution in [3.63, 3.8) is 0 Å². The summed E-state index contributed by atoms with van der Waals surface area (Å²) in [6.07, 6.45) is 0.610. The normalized spacial score (nSPS) is 9.07. The van der Waals surface area contributed by atoms with E-state index < -0.39 is 5.82 Å². The van der Waals surface area contributed by atoms with Crippen LogP contribution in [0, 0.1) is 17.7 Å². The van der Waals surface area contributed by atoms with Gasteiger partial charge < -0.3 is 11.2 Å². The molecule has 1 aromatic rings. The van der Waals surface area contributed by atoms with Crippen LogP contribution in [0.15, 0.2) is 18.2 Å². The van der Waals surface area contributed by atoms with Gasteiger partial charge in [0.15, 0.2) is 0 Å². The summed E-state index contributed by atoms with van der Waals surface area (Å²) < 4.78 is 13.1. The Morgan fingerprint density at radius 1 is 1.43 bits per heavy atom. The number of benzene rings is 1. The lowest BCUT2D eigenvalue weighted by Gasteiger charge is -2.00. The molecule has 0 saturated carbocycles. The van der Waals surface area contributed by atoms with Crippen LogP contribution in [0.4, 0.5) is 10.1 Å². The fraction of sp³-hybridized carbons (Fsp3) is 0.200. The quantitative estimate of drug-likeness (QED) is 0.370. The first kappa shape index (κ1) is 10.5. The third-order valence-electron chi connectivity index (χ3n) is 1.63. The van der Waals surface area contributed by atoms with Gasteiger partial charge in [-0.2, -0.15) is 0 Å². The zero-order valence-electron chi connectivity index (χ0n) is 7.68. The summed E-state index contributed by atoms with van der Waals surface area (Å²) >= 11 is 0. The molecule has 74 valence electrons. The van der Waals surface area contributed by atoms with Crippen molar-refractivity contribution in [3.05, 3.63) is 29.6 Å². The number of nitrogens with one attached hydrogen (secondary N) is 1. The monoisotopic (exact) mass is 193 g/mol. The molecule has 0 aliphatic carbocycles. The molecule has 0 bridgehead atoms. The minimum absolute atomic E-state index is 0.259. The van der Waals surface area contributed by atoms with Crippen LogP contribution >= 0.6 is 0 Å². The topological polar surface area (TPSA) is 64.1 Å². The molecular weight excluding hydrogens is 181 g/mol. The molecule has 0 aromatic heterocycles. The van der Waals surface area contributed by atoms with Crippen LogP contribution in [-0.4, -0.2) is 6.54 Å². The first-order chi connectivity index (χ1) is 6.77. The van der Waals surface area contributed by atoms with Crippen LogP contribution in [0.25, 0.3) is 0 Å². The Kier molecular flexibility index (Phi) is 3.92. The van der Waals surface area contributed by atoms with Crippen molar-refractivity contribution >= 4 is 5.69 Å². The van der Waals surface area contributed by atoms with Gasteiger partial charge in [0, 0.05) is 18.5 Å². The van der Waals surface area contributed by atoms with Gasteiger partial charge in [-0.1, -0.05) is 11.8 Å². The molecule has 0 radical (unpaired) electrons. The van der Waals surface area contributed by atoms with Crippen molar-refractivity contribution in [1.29, 1.82) is 0 Å². The van der Waals surface area contributed by atoms with Crippen LogP contribution in [0.3, 0.4) is 0 Å². The van der Waals surface area contributed by atoms with Crippen LogP contribution in [0.5, 0.6) is 0 Å². The highest BCUT2D eigenvalue weighted by molar-refractivity contribution is 5.48. The van der Waals surface area contributed by atoms with E-state index in [1.165, 1.54) is 6.07 Å². The second-order valence-electron chi connectivity index (χ2n) is 2.68. The summed E-state index contributed by atoms with van der Waals surface area (Å²) in [6, 6.07) is 4.57. The summed E-state index contributed by atoms with van der Waals surface area (Å²) in [5, 5.41) is 0. The van der Waals surface area contributed by atoms with Crippen LogP contribution in [0.2, 0.25) is 0 Å².